The van der Waals surface area contributed by atoms with Gasteiger partial charge < -0.3 is 15.7 Å². The third-order valence-corrected chi connectivity index (χ3v) is 4.56. The second kappa shape index (κ2) is 9.26. The van der Waals surface area contributed by atoms with Crippen LogP contribution < -0.4 is 5.73 Å². The zero-order chi connectivity index (χ0) is 22.5. The smallest absolute Gasteiger partial charge is 0.393 e. The fourth-order valence-electron chi connectivity index (χ4n) is 3.35. The van der Waals surface area contributed by atoms with Crippen LogP contribution in [0.5, 0.6) is 0 Å². The molecule has 3 N–H and O–H groups in total. The van der Waals surface area contributed by atoms with E-state index in [1.54, 1.807) is 11.0 Å². The number of carbonyl (C=O) groups is 2. The fourth-order valence-corrected chi connectivity index (χ4v) is 3.35. The Morgan fingerprint density at radius 1 is 1.43 bits per heavy atom. The number of nitrogen functional groups attached to an aromatic ring is 1. The van der Waals surface area contributed by atoms with Crippen LogP contribution in [0.15, 0.2) is 24.3 Å². The van der Waals surface area contributed by atoms with E-state index in [0.717, 1.165) is 0 Å². The van der Waals surface area contributed by atoms with Gasteiger partial charge in [0.15, 0.2) is 0 Å². The van der Waals surface area contributed by atoms with Gasteiger partial charge in [0.05, 0.1) is 12.1 Å². The first-order valence-corrected chi connectivity index (χ1v) is 8.82. The molecule has 3 rings (SSSR count). The molecule has 1 aromatic carbocycles. The highest BCUT2D eigenvalue weighted by molar-refractivity contribution is 5.81. The van der Waals surface area contributed by atoms with Crippen LogP contribution in [0, 0.1) is 11.3 Å². The van der Waals surface area contributed by atoms with Gasteiger partial charge in [-0.25, -0.2) is 4.98 Å². The molecule has 30 heavy (non-hydrogen) atoms. The van der Waals surface area contributed by atoms with E-state index in [4.69, 9.17) is 15.6 Å². The van der Waals surface area contributed by atoms with Crippen LogP contribution in [0.4, 0.5) is 19.0 Å². The summed E-state index contributed by atoms with van der Waals surface area (Å²) in [5.41, 5.74) is 8.38. The van der Waals surface area contributed by atoms with Gasteiger partial charge in [0.25, 0.3) is 6.47 Å². The average molecular weight is 420 g/mol. The molecule has 0 saturated heterocycles. The molecule has 158 valence electrons. The lowest BCUT2D eigenvalue weighted by molar-refractivity contribution is -0.130. The summed E-state index contributed by atoms with van der Waals surface area (Å²) < 4.78 is 38.3. The van der Waals surface area contributed by atoms with Crippen molar-refractivity contribution in [3.05, 3.63) is 46.6 Å². The number of amides is 1. The molecule has 0 bridgehead atoms. The molecule has 0 unspecified atom stereocenters. The Morgan fingerprint density at radius 2 is 2.10 bits per heavy atom. The lowest BCUT2D eigenvalue weighted by atomic mass is 9.90. The molecule has 10 heteroatoms. The van der Waals surface area contributed by atoms with Gasteiger partial charge in [0.1, 0.15) is 17.5 Å². The van der Waals surface area contributed by atoms with Crippen molar-refractivity contribution in [2.75, 3.05) is 12.3 Å². The van der Waals surface area contributed by atoms with E-state index in [0.29, 0.717) is 35.3 Å². The van der Waals surface area contributed by atoms with E-state index in [1.165, 1.54) is 25.1 Å². The SMILES string of the molecule is CC(=O)N1CCc2nc(N)c(C#N)c(-c3cccc(CC(F)(F)F)c3)c2C1.O=CO. The number of nitrogens with two attached hydrogens (primary N) is 1. The van der Waals surface area contributed by atoms with Gasteiger partial charge in [-0.15, -0.1) is 0 Å². The van der Waals surface area contributed by atoms with E-state index in [1.807, 2.05) is 6.07 Å². The molecule has 0 atom stereocenters. The second-order valence-corrected chi connectivity index (χ2v) is 6.57. The molecule has 0 fully saturated rings. The van der Waals surface area contributed by atoms with Crippen LogP contribution in [0.2, 0.25) is 0 Å². The molecule has 1 aliphatic heterocycles. The number of nitriles is 1. The zero-order valence-corrected chi connectivity index (χ0v) is 16.0. The molecular weight excluding hydrogens is 401 g/mol. The number of carbonyl (C=O) groups excluding carboxylic acids is 1. The summed E-state index contributed by atoms with van der Waals surface area (Å²) in [7, 11) is 0. The first-order chi connectivity index (χ1) is 14.1. The van der Waals surface area contributed by atoms with Crippen LogP contribution >= 0.6 is 0 Å². The summed E-state index contributed by atoms with van der Waals surface area (Å²) in [5, 5.41) is 16.5. The third kappa shape index (κ3) is 5.26. The molecule has 1 aromatic heterocycles. The van der Waals surface area contributed by atoms with Crippen LogP contribution in [0.25, 0.3) is 11.1 Å². The van der Waals surface area contributed by atoms with E-state index in [9.17, 15) is 23.2 Å². The molecule has 0 spiro atoms. The number of halogens is 3. The van der Waals surface area contributed by atoms with Gasteiger partial charge >= 0.3 is 6.18 Å². The summed E-state index contributed by atoms with van der Waals surface area (Å²) in [6.07, 6.45) is -4.93. The van der Waals surface area contributed by atoms with Crippen LogP contribution in [-0.4, -0.2) is 40.1 Å². The van der Waals surface area contributed by atoms with Crippen LogP contribution in [0.3, 0.4) is 0 Å². The summed E-state index contributed by atoms with van der Waals surface area (Å²) >= 11 is 0. The molecular formula is C20H19F3N4O3. The number of fused-ring (bicyclic) bond motifs is 1. The van der Waals surface area contributed by atoms with E-state index in [2.05, 4.69) is 4.98 Å². The number of hydrogen-bond donors (Lipinski definition) is 2. The number of carboxylic acid groups (broad SMARTS) is 1. The Hall–Kier alpha value is -3.61. The number of pyridine rings is 1. The summed E-state index contributed by atoms with van der Waals surface area (Å²) in [6, 6.07) is 7.98. The van der Waals surface area contributed by atoms with Crippen molar-refractivity contribution in [2.24, 2.45) is 0 Å². The Labute approximate surface area is 170 Å². The van der Waals surface area contributed by atoms with Gasteiger partial charge in [-0.05, 0) is 11.1 Å². The highest BCUT2D eigenvalue weighted by atomic mass is 19.4. The second-order valence-electron chi connectivity index (χ2n) is 6.57. The molecule has 0 aliphatic carbocycles. The zero-order valence-electron chi connectivity index (χ0n) is 16.0. The molecule has 1 aliphatic rings. The fraction of sp³-hybridized carbons (Fsp3) is 0.300. The monoisotopic (exact) mass is 420 g/mol. The summed E-state index contributed by atoms with van der Waals surface area (Å²) in [6.45, 7) is 1.92. The number of anilines is 1. The molecule has 2 heterocycles. The van der Waals surface area contributed by atoms with Gasteiger partial charge in [-0.2, -0.15) is 18.4 Å². The average Bonchev–Trinajstić information content (AvgIpc) is 2.66. The quantitative estimate of drug-likeness (QED) is 0.721. The largest absolute Gasteiger partial charge is 0.483 e. The van der Waals surface area contributed by atoms with E-state index < -0.39 is 12.6 Å². The van der Waals surface area contributed by atoms with Crippen molar-refractivity contribution < 1.29 is 27.9 Å². The maximum atomic E-state index is 12.8. The van der Waals surface area contributed by atoms with E-state index >= 15 is 0 Å². The molecule has 1 amide bonds. The number of rotatable bonds is 2. The molecule has 0 radical (unpaired) electrons. The van der Waals surface area contributed by atoms with Gasteiger partial charge in [-0.3, -0.25) is 9.59 Å². The van der Waals surface area contributed by atoms with E-state index in [-0.39, 0.29) is 35.9 Å². The minimum Gasteiger partial charge on any atom is -0.483 e. The Kier molecular flexibility index (Phi) is 7.00. The van der Waals surface area contributed by atoms with Crippen molar-refractivity contribution >= 4 is 18.2 Å². The van der Waals surface area contributed by atoms with Crippen molar-refractivity contribution in [1.82, 2.24) is 9.88 Å². The maximum absolute atomic E-state index is 12.8. The van der Waals surface area contributed by atoms with Crippen LogP contribution in [-0.2, 0) is 29.0 Å². The standard InChI is InChI=1S/C19H17F3N4O.CH2O2/c1-11(27)26-6-5-16-15(10-26)17(14(9-23)18(24)25-16)13-4-2-3-12(7-13)8-19(20,21)22;2-1-3/h2-4,7H,5-6,8,10H2,1H3,(H2,24,25);1H,(H,2,3). The van der Waals surface area contributed by atoms with Crippen molar-refractivity contribution in [3.8, 4) is 17.2 Å². The highest BCUT2D eigenvalue weighted by Crippen LogP contribution is 2.36. The minimum absolute atomic E-state index is 0.0451. The maximum Gasteiger partial charge on any atom is 0.393 e. The Morgan fingerprint density at radius 3 is 2.67 bits per heavy atom. The lowest BCUT2D eigenvalue weighted by Gasteiger charge is -2.30. The number of hydrogen-bond acceptors (Lipinski definition) is 5. The first kappa shape index (κ1) is 22.7. The molecule has 2 aromatic rings. The van der Waals surface area contributed by atoms with Crippen molar-refractivity contribution in [2.45, 2.75) is 32.5 Å². The topological polar surface area (TPSA) is 120 Å². The summed E-state index contributed by atoms with van der Waals surface area (Å²) in [5.74, 6) is -0.0727. The summed E-state index contributed by atoms with van der Waals surface area (Å²) in [4.78, 5) is 26.0. The number of aromatic nitrogens is 1. The Bertz CT molecular complexity index is 1000. The molecule has 0 saturated carbocycles. The van der Waals surface area contributed by atoms with Crippen molar-refractivity contribution in [1.29, 1.82) is 5.26 Å². The van der Waals surface area contributed by atoms with Gasteiger partial charge in [-0.1, -0.05) is 24.3 Å². The van der Waals surface area contributed by atoms with Crippen LogP contribution in [0.1, 0.15) is 29.3 Å². The van der Waals surface area contributed by atoms with Gasteiger partial charge in [0, 0.05) is 37.6 Å². The lowest BCUT2D eigenvalue weighted by Crippen LogP contribution is -2.35. The molecule has 7 nitrogen and oxygen atoms in total. The normalized spacial score (nSPS) is 12.8. The third-order valence-electron chi connectivity index (χ3n) is 4.56. The first-order valence-electron chi connectivity index (χ1n) is 8.82. The Balaban J connectivity index is 0.00000101. The highest BCUT2D eigenvalue weighted by Gasteiger charge is 2.29. The predicted octanol–water partition coefficient (Wildman–Crippen LogP) is 2.91. The number of alkyl halides is 3. The number of nitrogens with zero attached hydrogens (tertiary/aromatic N) is 3. The number of benzene rings is 1. The minimum atomic E-state index is -4.33. The van der Waals surface area contributed by atoms with Gasteiger partial charge in [0.2, 0.25) is 5.91 Å². The van der Waals surface area contributed by atoms with Crippen molar-refractivity contribution in [3.63, 3.8) is 0 Å². The predicted molar refractivity (Wildman–Crippen MR) is 102 cm³/mol.